The van der Waals surface area contributed by atoms with Gasteiger partial charge in [-0.3, -0.25) is 0 Å². The van der Waals surface area contributed by atoms with E-state index in [1.54, 1.807) is 0 Å². The molecule has 3 rings (SSSR count). The number of amides is 1. The molecule has 0 unspecified atom stereocenters. The number of piperazine rings is 1. The number of anilines is 1. The van der Waals surface area contributed by atoms with Crippen LogP contribution in [0.15, 0.2) is 24.3 Å². The Labute approximate surface area is 179 Å². The summed E-state index contributed by atoms with van der Waals surface area (Å²) in [5, 5.41) is 0. The molecule has 162 valence electrons. The Morgan fingerprint density at radius 2 is 1.72 bits per heavy atom. The van der Waals surface area contributed by atoms with Crippen molar-refractivity contribution in [1.82, 2.24) is 9.21 Å². The molecule has 2 fully saturated rings. The Hall–Kier alpha value is -1.60. The SMILES string of the molecule is CSN1CCN(c2ccc(OCCC3CCN(C(=O)OC(C)C)CC3)cc2)CC1. The van der Waals surface area contributed by atoms with Crippen LogP contribution in [0, 0.1) is 5.92 Å². The van der Waals surface area contributed by atoms with E-state index >= 15 is 0 Å². The number of rotatable bonds is 7. The van der Waals surface area contributed by atoms with Gasteiger partial charge in [0, 0.05) is 45.0 Å². The predicted molar refractivity (Wildman–Crippen MR) is 120 cm³/mol. The second-order valence-electron chi connectivity index (χ2n) is 8.09. The first-order chi connectivity index (χ1) is 14.0. The Kier molecular flexibility index (Phi) is 8.36. The molecule has 2 saturated heterocycles. The number of likely N-dealkylation sites (tertiary alicyclic amines) is 1. The highest BCUT2D eigenvalue weighted by Gasteiger charge is 2.24. The molecule has 0 aliphatic carbocycles. The average Bonchev–Trinajstić information content (AvgIpc) is 2.74. The molecule has 6 nitrogen and oxygen atoms in total. The Morgan fingerprint density at radius 3 is 2.31 bits per heavy atom. The molecule has 7 heteroatoms. The Morgan fingerprint density at radius 1 is 1.07 bits per heavy atom. The number of ether oxygens (including phenoxy) is 2. The summed E-state index contributed by atoms with van der Waals surface area (Å²) in [4.78, 5) is 16.2. The van der Waals surface area contributed by atoms with Gasteiger partial charge in [0.25, 0.3) is 0 Å². The van der Waals surface area contributed by atoms with Gasteiger partial charge in [-0.2, -0.15) is 0 Å². The van der Waals surface area contributed by atoms with E-state index in [1.807, 2.05) is 30.7 Å². The van der Waals surface area contributed by atoms with Gasteiger partial charge in [0.15, 0.2) is 0 Å². The van der Waals surface area contributed by atoms with Crippen molar-refractivity contribution in [1.29, 1.82) is 0 Å². The van der Waals surface area contributed by atoms with Gasteiger partial charge in [-0.15, -0.1) is 0 Å². The molecule has 29 heavy (non-hydrogen) atoms. The minimum absolute atomic E-state index is 0.0556. The van der Waals surface area contributed by atoms with Crippen molar-refractivity contribution in [3.63, 3.8) is 0 Å². The van der Waals surface area contributed by atoms with Crippen molar-refractivity contribution in [2.75, 3.05) is 57.0 Å². The molecular formula is C22H35N3O3S. The first-order valence-corrected chi connectivity index (χ1v) is 12.0. The third-order valence-corrected chi connectivity index (χ3v) is 6.58. The van der Waals surface area contributed by atoms with E-state index in [1.165, 1.54) is 5.69 Å². The van der Waals surface area contributed by atoms with E-state index in [9.17, 15) is 4.79 Å². The van der Waals surface area contributed by atoms with Crippen LogP contribution in [0.5, 0.6) is 5.75 Å². The lowest BCUT2D eigenvalue weighted by atomic mass is 9.94. The van der Waals surface area contributed by atoms with E-state index in [2.05, 4.69) is 39.7 Å². The fourth-order valence-electron chi connectivity index (χ4n) is 3.91. The number of hydrogen-bond donors (Lipinski definition) is 0. The highest BCUT2D eigenvalue weighted by Crippen LogP contribution is 2.24. The molecule has 0 bridgehead atoms. The average molecular weight is 422 g/mol. The van der Waals surface area contributed by atoms with E-state index in [0.29, 0.717) is 5.92 Å². The van der Waals surface area contributed by atoms with Crippen LogP contribution < -0.4 is 9.64 Å². The summed E-state index contributed by atoms with van der Waals surface area (Å²) < 4.78 is 13.7. The molecule has 0 aromatic heterocycles. The van der Waals surface area contributed by atoms with Crippen molar-refractivity contribution in [3.05, 3.63) is 24.3 Å². The molecule has 0 atom stereocenters. The lowest BCUT2D eigenvalue weighted by Crippen LogP contribution is -2.43. The van der Waals surface area contributed by atoms with Crippen LogP contribution >= 0.6 is 11.9 Å². The highest BCUT2D eigenvalue weighted by molar-refractivity contribution is 7.96. The standard InChI is InChI=1S/C22H35N3O3S/c1-18(2)28-22(26)24-11-8-19(9-12-24)10-17-27-21-6-4-20(5-7-21)23-13-15-25(29-3)16-14-23/h4-7,18-19H,8-17H2,1-3H3. The van der Waals surface area contributed by atoms with Crippen molar-refractivity contribution in [2.45, 2.75) is 39.2 Å². The van der Waals surface area contributed by atoms with E-state index in [4.69, 9.17) is 9.47 Å². The summed E-state index contributed by atoms with van der Waals surface area (Å²) in [5.41, 5.74) is 1.28. The van der Waals surface area contributed by atoms with Crippen LogP contribution in [0.25, 0.3) is 0 Å². The van der Waals surface area contributed by atoms with Crippen molar-refractivity contribution >= 4 is 23.7 Å². The summed E-state index contributed by atoms with van der Waals surface area (Å²) >= 11 is 1.83. The maximum atomic E-state index is 12.0. The van der Waals surface area contributed by atoms with Gasteiger partial charge in [-0.05, 0) is 69.5 Å². The summed E-state index contributed by atoms with van der Waals surface area (Å²) in [6, 6.07) is 8.51. The zero-order valence-electron chi connectivity index (χ0n) is 18.0. The lowest BCUT2D eigenvalue weighted by Gasteiger charge is -2.34. The van der Waals surface area contributed by atoms with Crippen LogP contribution in [0.2, 0.25) is 0 Å². The maximum absolute atomic E-state index is 12.0. The molecule has 0 spiro atoms. The number of carbonyl (C=O) groups is 1. The van der Waals surface area contributed by atoms with Crippen LogP contribution in [0.3, 0.4) is 0 Å². The van der Waals surface area contributed by atoms with Gasteiger partial charge in [0.05, 0.1) is 12.7 Å². The Bertz CT molecular complexity index is 625. The zero-order chi connectivity index (χ0) is 20.6. The summed E-state index contributed by atoms with van der Waals surface area (Å²) in [7, 11) is 0. The van der Waals surface area contributed by atoms with Crippen molar-refractivity contribution in [3.8, 4) is 5.75 Å². The topological polar surface area (TPSA) is 45.2 Å². The monoisotopic (exact) mass is 421 g/mol. The van der Waals surface area contributed by atoms with Crippen molar-refractivity contribution in [2.24, 2.45) is 5.92 Å². The minimum Gasteiger partial charge on any atom is -0.494 e. The Balaban J connectivity index is 1.34. The van der Waals surface area contributed by atoms with Gasteiger partial charge in [0.2, 0.25) is 0 Å². The van der Waals surface area contributed by atoms with Gasteiger partial charge >= 0.3 is 6.09 Å². The van der Waals surface area contributed by atoms with Gasteiger partial charge in [0.1, 0.15) is 5.75 Å². The highest BCUT2D eigenvalue weighted by atomic mass is 32.2. The molecule has 1 aromatic carbocycles. The van der Waals surface area contributed by atoms with Gasteiger partial charge < -0.3 is 19.3 Å². The summed E-state index contributed by atoms with van der Waals surface area (Å²) in [5.74, 6) is 1.56. The summed E-state index contributed by atoms with van der Waals surface area (Å²) in [6.45, 7) is 10.4. The molecule has 1 amide bonds. The van der Waals surface area contributed by atoms with Crippen LogP contribution in [-0.4, -0.2) is 73.5 Å². The van der Waals surface area contributed by atoms with E-state index in [0.717, 1.165) is 70.9 Å². The predicted octanol–water partition coefficient (Wildman–Crippen LogP) is 4.11. The maximum Gasteiger partial charge on any atom is 0.410 e. The first-order valence-electron chi connectivity index (χ1n) is 10.8. The molecule has 2 aliphatic rings. The minimum atomic E-state index is -0.176. The largest absolute Gasteiger partial charge is 0.494 e. The van der Waals surface area contributed by atoms with Crippen molar-refractivity contribution < 1.29 is 14.3 Å². The fourth-order valence-corrected chi connectivity index (χ4v) is 4.43. The number of nitrogens with zero attached hydrogens (tertiary/aromatic N) is 3. The third-order valence-electron chi connectivity index (χ3n) is 5.70. The number of carbonyl (C=O) groups excluding carboxylic acids is 1. The lowest BCUT2D eigenvalue weighted by molar-refractivity contribution is 0.0637. The first kappa shape index (κ1) is 22.1. The van der Waals surface area contributed by atoms with E-state index < -0.39 is 0 Å². The molecular weight excluding hydrogens is 386 g/mol. The molecule has 0 N–H and O–H groups in total. The molecule has 2 aliphatic heterocycles. The second-order valence-corrected chi connectivity index (χ2v) is 8.97. The van der Waals surface area contributed by atoms with E-state index in [-0.39, 0.29) is 12.2 Å². The molecule has 0 radical (unpaired) electrons. The van der Waals surface area contributed by atoms with Crippen LogP contribution in [0.4, 0.5) is 10.5 Å². The molecule has 1 aromatic rings. The summed E-state index contributed by atoms with van der Waals surface area (Å²) in [6.07, 6.45) is 5.00. The van der Waals surface area contributed by atoms with Gasteiger partial charge in [-0.1, -0.05) is 11.9 Å². The number of benzene rings is 1. The molecule has 2 heterocycles. The second kappa shape index (κ2) is 11.0. The number of hydrogen-bond acceptors (Lipinski definition) is 6. The quantitative estimate of drug-likeness (QED) is 0.618. The van der Waals surface area contributed by atoms with Crippen LogP contribution in [-0.2, 0) is 4.74 Å². The van der Waals surface area contributed by atoms with Crippen LogP contribution in [0.1, 0.15) is 33.1 Å². The normalized spacial score (nSPS) is 18.9. The fraction of sp³-hybridized carbons (Fsp3) is 0.682. The van der Waals surface area contributed by atoms with Gasteiger partial charge in [-0.25, -0.2) is 9.10 Å². The molecule has 0 saturated carbocycles. The zero-order valence-corrected chi connectivity index (χ0v) is 18.8. The number of piperidine rings is 1. The smallest absolute Gasteiger partial charge is 0.410 e. The third kappa shape index (κ3) is 6.71.